The summed E-state index contributed by atoms with van der Waals surface area (Å²) in [5.41, 5.74) is 3.39. The van der Waals surface area contributed by atoms with Crippen molar-refractivity contribution in [3.05, 3.63) is 35.5 Å². The molecule has 0 saturated heterocycles. The number of benzene rings is 1. The number of aryl methyl sites for hydroxylation is 1. The van der Waals surface area contributed by atoms with Crippen LogP contribution in [0, 0.1) is 11.3 Å². The van der Waals surface area contributed by atoms with E-state index in [0.29, 0.717) is 18.7 Å². The molecule has 24 heavy (non-hydrogen) atoms. The molecule has 0 bridgehead atoms. The molecule has 0 aliphatic carbocycles. The second-order valence-electron chi connectivity index (χ2n) is 8.29. The van der Waals surface area contributed by atoms with Crippen LogP contribution in [0.3, 0.4) is 0 Å². The van der Waals surface area contributed by atoms with Gasteiger partial charge in [-0.15, -0.1) is 0 Å². The maximum Gasteiger partial charge on any atom is 0.123 e. The molecule has 0 radical (unpaired) electrons. The van der Waals surface area contributed by atoms with Gasteiger partial charge in [-0.1, -0.05) is 41.5 Å². The van der Waals surface area contributed by atoms with E-state index in [-0.39, 0.29) is 10.8 Å². The number of aromatic hydroxyl groups is 1. The standard InChI is InChI=1S/C20H27N3O/c1-19(2,3)15-12-14(13-16(18(15)24)20(4,5)6)17-8-11-23(22-17)10-7-9-21/h8,11-13,24H,7,10H2,1-6H3. The number of nitrogens with zero attached hydrogens (tertiary/aromatic N) is 3. The van der Waals surface area contributed by atoms with Crippen LogP contribution in [0.4, 0.5) is 0 Å². The summed E-state index contributed by atoms with van der Waals surface area (Å²) < 4.78 is 1.79. The smallest absolute Gasteiger partial charge is 0.123 e. The zero-order valence-electron chi connectivity index (χ0n) is 15.5. The van der Waals surface area contributed by atoms with Crippen molar-refractivity contribution in [3.63, 3.8) is 0 Å². The molecule has 0 atom stereocenters. The van der Waals surface area contributed by atoms with Crippen molar-refractivity contribution in [2.24, 2.45) is 0 Å². The SMILES string of the molecule is CC(C)(C)c1cc(-c2ccn(CCC#N)n2)cc(C(C)(C)C)c1O. The molecule has 0 aliphatic heterocycles. The maximum atomic E-state index is 10.8. The predicted molar refractivity (Wildman–Crippen MR) is 97.0 cm³/mol. The van der Waals surface area contributed by atoms with Gasteiger partial charge >= 0.3 is 0 Å². The van der Waals surface area contributed by atoms with E-state index in [0.717, 1.165) is 22.4 Å². The summed E-state index contributed by atoms with van der Waals surface area (Å²) in [5.74, 6) is 0.377. The van der Waals surface area contributed by atoms with E-state index in [9.17, 15) is 5.11 Å². The van der Waals surface area contributed by atoms with Crippen LogP contribution in [0.2, 0.25) is 0 Å². The molecule has 0 saturated carbocycles. The van der Waals surface area contributed by atoms with Crippen LogP contribution in [0.1, 0.15) is 59.1 Å². The van der Waals surface area contributed by atoms with Gasteiger partial charge in [0.25, 0.3) is 0 Å². The first-order valence-corrected chi connectivity index (χ1v) is 8.33. The minimum Gasteiger partial charge on any atom is -0.507 e. The van der Waals surface area contributed by atoms with Gasteiger partial charge in [0.1, 0.15) is 5.75 Å². The molecule has 1 aromatic heterocycles. The lowest BCUT2D eigenvalue weighted by Gasteiger charge is -2.28. The van der Waals surface area contributed by atoms with Crippen LogP contribution in [0.25, 0.3) is 11.3 Å². The summed E-state index contributed by atoms with van der Waals surface area (Å²) in [7, 11) is 0. The third-order valence-electron chi connectivity index (χ3n) is 4.12. The highest BCUT2D eigenvalue weighted by Gasteiger charge is 2.27. The molecule has 1 N–H and O–H groups in total. The van der Waals surface area contributed by atoms with Crippen LogP contribution in [-0.2, 0) is 17.4 Å². The third-order valence-corrected chi connectivity index (χ3v) is 4.12. The zero-order valence-corrected chi connectivity index (χ0v) is 15.5. The quantitative estimate of drug-likeness (QED) is 0.884. The van der Waals surface area contributed by atoms with E-state index in [4.69, 9.17) is 5.26 Å². The zero-order chi connectivity index (χ0) is 18.1. The van der Waals surface area contributed by atoms with Crippen molar-refractivity contribution in [3.8, 4) is 23.1 Å². The van der Waals surface area contributed by atoms with Crippen LogP contribution >= 0.6 is 0 Å². The van der Waals surface area contributed by atoms with Crippen molar-refractivity contribution in [1.82, 2.24) is 9.78 Å². The van der Waals surface area contributed by atoms with E-state index < -0.39 is 0 Å². The molecule has 2 aromatic rings. The average molecular weight is 325 g/mol. The van der Waals surface area contributed by atoms with Gasteiger partial charge in [0.2, 0.25) is 0 Å². The Balaban J connectivity index is 2.58. The molecule has 2 rings (SSSR count). The Kier molecular flexibility index (Phi) is 4.75. The summed E-state index contributed by atoms with van der Waals surface area (Å²) in [6.07, 6.45) is 2.34. The Morgan fingerprint density at radius 1 is 1.08 bits per heavy atom. The number of phenolic OH excluding ortho intramolecular Hbond substituents is 1. The lowest BCUT2D eigenvalue weighted by Crippen LogP contribution is -2.17. The minimum atomic E-state index is -0.163. The number of aromatic nitrogens is 2. The molecule has 1 heterocycles. The Hall–Kier alpha value is -2.28. The van der Waals surface area contributed by atoms with Crippen molar-refractivity contribution < 1.29 is 5.11 Å². The average Bonchev–Trinajstić information content (AvgIpc) is 2.91. The highest BCUT2D eigenvalue weighted by molar-refractivity contribution is 5.66. The van der Waals surface area contributed by atoms with E-state index in [1.165, 1.54) is 0 Å². The van der Waals surface area contributed by atoms with Gasteiger partial charge in [-0.2, -0.15) is 10.4 Å². The second kappa shape index (κ2) is 6.32. The fourth-order valence-electron chi connectivity index (χ4n) is 2.73. The summed E-state index contributed by atoms with van der Waals surface area (Å²) >= 11 is 0. The molecule has 0 spiro atoms. The van der Waals surface area contributed by atoms with Gasteiger partial charge in [-0.05, 0) is 29.0 Å². The molecule has 4 heteroatoms. The molecule has 4 nitrogen and oxygen atoms in total. The number of nitriles is 1. The summed E-state index contributed by atoms with van der Waals surface area (Å²) in [4.78, 5) is 0. The van der Waals surface area contributed by atoms with E-state index in [1.54, 1.807) is 4.68 Å². The minimum absolute atomic E-state index is 0.163. The van der Waals surface area contributed by atoms with Crippen LogP contribution in [0.5, 0.6) is 5.75 Å². The molecule has 0 fully saturated rings. The molecule has 1 aromatic carbocycles. The van der Waals surface area contributed by atoms with Gasteiger partial charge < -0.3 is 5.11 Å². The molecule has 0 unspecified atom stereocenters. The maximum absolute atomic E-state index is 10.8. The highest BCUT2D eigenvalue weighted by atomic mass is 16.3. The van der Waals surface area contributed by atoms with Crippen LogP contribution < -0.4 is 0 Å². The second-order valence-corrected chi connectivity index (χ2v) is 8.29. The molecular weight excluding hydrogens is 298 g/mol. The largest absolute Gasteiger partial charge is 0.507 e. The molecular formula is C20H27N3O. The highest BCUT2D eigenvalue weighted by Crippen LogP contribution is 2.41. The van der Waals surface area contributed by atoms with Crippen LogP contribution in [0.15, 0.2) is 24.4 Å². The van der Waals surface area contributed by atoms with Gasteiger partial charge in [-0.25, -0.2) is 0 Å². The Bertz CT molecular complexity index is 732. The first-order chi connectivity index (χ1) is 11.0. The lowest BCUT2D eigenvalue weighted by atomic mass is 9.78. The number of hydrogen-bond acceptors (Lipinski definition) is 3. The first kappa shape index (κ1) is 18.1. The van der Waals surface area contributed by atoms with E-state index >= 15 is 0 Å². The fourth-order valence-corrected chi connectivity index (χ4v) is 2.73. The number of rotatable bonds is 3. The van der Waals surface area contributed by atoms with Gasteiger partial charge in [0, 0.05) is 22.9 Å². The number of phenols is 1. The molecule has 128 valence electrons. The topological polar surface area (TPSA) is 61.8 Å². The van der Waals surface area contributed by atoms with Crippen molar-refractivity contribution in [2.45, 2.75) is 65.3 Å². The number of hydrogen-bond donors (Lipinski definition) is 1. The van der Waals surface area contributed by atoms with Gasteiger partial charge in [0.05, 0.1) is 24.7 Å². The Morgan fingerprint density at radius 3 is 2.08 bits per heavy atom. The van der Waals surface area contributed by atoms with Gasteiger partial charge in [0.15, 0.2) is 0 Å². The van der Waals surface area contributed by atoms with Gasteiger partial charge in [-0.3, -0.25) is 4.68 Å². The first-order valence-electron chi connectivity index (χ1n) is 8.33. The van der Waals surface area contributed by atoms with E-state index in [2.05, 4.69) is 52.7 Å². The van der Waals surface area contributed by atoms with Crippen molar-refractivity contribution in [2.75, 3.05) is 0 Å². The van der Waals surface area contributed by atoms with Crippen molar-refractivity contribution in [1.29, 1.82) is 5.26 Å². The lowest BCUT2D eigenvalue weighted by molar-refractivity contribution is 0.423. The monoisotopic (exact) mass is 325 g/mol. The Labute approximate surface area is 144 Å². The normalized spacial score (nSPS) is 12.2. The summed E-state index contributed by atoms with van der Waals surface area (Å²) in [6.45, 7) is 13.2. The van der Waals surface area contributed by atoms with Crippen LogP contribution in [-0.4, -0.2) is 14.9 Å². The summed E-state index contributed by atoms with van der Waals surface area (Å²) in [6, 6.07) is 8.16. The fraction of sp³-hybridized carbons (Fsp3) is 0.500. The van der Waals surface area contributed by atoms with Crippen molar-refractivity contribution >= 4 is 0 Å². The summed E-state index contributed by atoms with van der Waals surface area (Å²) in [5, 5.41) is 24.1. The predicted octanol–water partition coefficient (Wildman–Crippen LogP) is 4.76. The third kappa shape index (κ3) is 3.79. The Morgan fingerprint density at radius 2 is 1.62 bits per heavy atom. The van der Waals surface area contributed by atoms with E-state index in [1.807, 2.05) is 24.4 Å². The molecule has 0 amide bonds. The molecule has 0 aliphatic rings.